The third-order valence-corrected chi connectivity index (χ3v) is 0.139. The quantitative estimate of drug-likeness (QED) is 0.369. The second-order valence-corrected chi connectivity index (χ2v) is 0.416. The zero-order valence-corrected chi connectivity index (χ0v) is 2.49. The van der Waals surface area contributed by atoms with Gasteiger partial charge in [-0.15, -0.1) is 4.39 Å². The molecule has 0 N–H and O–H groups in total. The molecule has 0 amide bonds. The second kappa shape index (κ2) is 3.45. The van der Waals surface area contributed by atoms with E-state index in [1.54, 1.807) is 5.92 Å². The highest BCUT2D eigenvalue weighted by Crippen LogP contribution is 1.50. The average molecular weight is 73.0 g/mol. The molecule has 0 unspecified atom stereocenters. The van der Waals surface area contributed by atoms with Gasteiger partial charge in [-0.05, 0) is 5.92 Å². The van der Waals surface area contributed by atoms with E-state index in [0.29, 0.717) is 0 Å². The second-order valence-electron chi connectivity index (χ2n) is 0.416. The molecule has 0 saturated heterocycles. The lowest BCUT2D eigenvalue weighted by Crippen LogP contribution is -1.62. The van der Waals surface area contributed by atoms with Crippen LogP contribution in [0.1, 0.15) is 0 Å². The van der Waals surface area contributed by atoms with Gasteiger partial charge in [0.25, 0.3) is 0 Å². The summed E-state index contributed by atoms with van der Waals surface area (Å²) in [5.74, 6) is 1.64. The van der Waals surface area contributed by atoms with Gasteiger partial charge in [0.05, 0.1) is 0 Å². The van der Waals surface area contributed by atoms with Crippen LogP contribution in [-0.4, -0.2) is 6.61 Å². The highest BCUT2D eigenvalue weighted by molar-refractivity contribution is 4.88. The van der Waals surface area contributed by atoms with Gasteiger partial charge in [-0.25, -0.2) is 5.11 Å². The molecule has 0 rings (SSSR count). The summed E-state index contributed by atoms with van der Waals surface area (Å²) < 4.78 is 10.4. The standard InChI is InChI=1S/C3H2FO/c4-2-1-3-5/h3H2. The maximum atomic E-state index is 10.4. The molecule has 1 nitrogen and oxygen atoms in total. The SMILES string of the molecule is [O]CC#CF. The van der Waals surface area contributed by atoms with E-state index in [-0.39, 0.29) is 0 Å². The zero-order valence-electron chi connectivity index (χ0n) is 2.49. The third-order valence-electron chi connectivity index (χ3n) is 0.139. The largest absolute Gasteiger partial charge is 0.223 e. The molecule has 0 heterocycles. The van der Waals surface area contributed by atoms with Crippen molar-refractivity contribution in [2.75, 3.05) is 6.61 Å². The third kappa shape index (κ3) is 3.45. The van der Waals surface area contributed by atoms with Gasteiger partial charge in [0, 0.05) is 0 Å². The first-order valence-electron chi connectivity index (χ1n) is 1.08. The van der Waals surface area contributed by atoms with Gasteiger partial charge in [-0.2, -0.15) is 0 Å². The van der Waals surface area contributed by atoms with Crippen molar-refractivity contribution in [2.24, 2.45) is 0 Å². The van der Waals surface area contributed by atoms with E-state index in [1.165, 1.54) is 0 Å². The Morgan fingerprint density at radius 3 is 2.40 bits per heavy atom. The Morgan fingerprint density at radius 1 is 1.80 bits per heavy atom. The van der Waals surface area contributed by atoms with Crippen LogP contribution in [0.2, 0.25) is 0 Å². The minimum absolute atomic E-state index is 0.642. The van der Waals surface area contributed by atoms with E-state index in [4.69, 9.17) is 5.11 Å². The number of hydrogen-bond acceptors (Lipinski definition) is 0. The average Bonchev–Trinajstić information content (AvgIpc) is 1.41. The summed E-state index contributed by atoms with van der Waals surface area (Å²) in [5.41, 5.74) is 0. The summed E-state index contributed by atoms with van der Waals surface area (Å²) in [6.07, 6.45) is 0.955. The van der Waals surface area contributed by atoms with Crippen molar-refractivity contribution in [3.63, 3.8) is 0 Å². The van der Waals surface area contributed by atoms with Crippen LogP contribution in [0, 0.1) is 12.1 Å². The summed E-state index contributed by atoms with van der Waals surface area (Å²) in [5, 5.41) is 9.12. The molecule has 5 heavy (non-hydrogen) atoms. The van der Waals surface area contributed by atoms with Crippen LogP contribution in [-0.2, 0) is 5.11 Å². The zero-order chi connectivity index (χ0) is 4.12. The summed E-state index contributed by atoms with van der Waals surface area (Å²) in [6, 6.07) is 0. The predicted octanol–water partition coefficient (Wildman–Crippen LogP) is 0.347. The lowest BCUT2D eigenvalue weighted by molar-refractivity contribution is 0.238. The fourth-order valence-corrected chi connectivity index (χ4v) is 0.0273. The van der Waals surface area contributed by atoms with E-state index < -0.39 is 6.61 Å². The van der Waals surface area contributed by atoms with Crippen LogP contribution in [0.15, 0.2) is 0 Å². The lowest BCUT2D eigenvalue weighted by Gasteiger charge is -1.52. The van der Waals surface area contributed by atoms with E-state index in [2.05, 4.69) is 0 Å². The highest BCUT2D eigenvalue weighted by Gasteiger charge is 1.55. The maximum absolute atomic E-state index is 10.4. The Bertz CT molecular complexity index is 59.0. The van der Waals surface area contributed by atoms with Gasteiger partial charge in [0.1, 0.15) is 12.8 Å². The van der Waals surface area contributed by atoms with Gasteiger partial charge in [-0.1, -0.05) is 0 Å². The monoisotopic (exact) mass is 73.0 g/mol. The molecule has 0 atom stereocenters. The summed E-state index contributed by atoms with van der Waals surface area (Å²) in [6.45, 7) is -0.642. The molecular formula is C3H2FO. The Labute approximate surface area is 29.4 Å². The lowest BCUT2D eigenvalue weighted by atomic mass is 10.8. The Balaban J connectivity index is 2.81. The highest BCUT2D eigenvalue weighted by atomic mass is 19.1. The minimum atomic E-state index is -0.642. The first-order chi connectivity index (χ1) is 2.41. The fraction of sp³-hybridized carbons (Fsp3) is 0.333. The smallest absolute Gasteiger partial charge is 0.145 e. The molecule has 0 bridgehead atoms. The van der Waals surface area contributed by atoms with Gasteiger partial charge in [0.2, 0.25) is 0 Å². The Hall–Kier alpha value is -0.550. The van der Waals surface area contributed by atoms with E-state index in [9.17, 15) is 4.39 Å². The molecule has 0 aliphatic carbocycles. The van der Waals surface area contributed by atoms with Crippen molar-refractivity contribution < 1.29 is 9.50 Å². The molecule has 0 aliphatic heterocycles. The molecule has 1 radical (unpaired) electrons. The van der Waals surface area contributed by atoms with E-state index in [1.807, 2.05) is 0 Å². The number of hydrogen-bond donors (Lipinski definition) is 0. The number of rotatable bonds is 0. The van der Waals surface area contributed by atoms with Crippen molar-refractivity contribution in [3.8, 4) is 12.1 Å². The van der Waals surface area contributed by atoms with Crippen molar-refractivity contribution in [3.05, 3.63) is 0 Å². The Kier molecular flexibility index (Phi) is 3.07. The van der Waals surface area contributed by atoms with Gasteiger partial charge in [0.15, 0.2) is 0 Å². The van der Waals surface area contributed by atoms with Crippen LogP contribution < -0.4 is 0 Å². The molecule has 0 fully saturated rings. The number of halogens is 1. The summed E-state index contributed by atoms with van der Waals surface area (Å²) in [4.78, 5) is 0. The molecule has 0 aromatic rings. The van der Waals surface area contributed by atoms with Crippen LogP contribution in [0.25, 0.3) is 0 Å². The Morgan fingerprint density at radius 2 is 2.40 bits per heavy atom. The molecule has 0 aliphatic rings. The van der Waals surface area contributed by atoms with Gasteiger partial charge >= 0.3 is 0 Å². The molecule has 0 aromatic carbocycles. The van der Waals surface area contributed by atoms with Crippen LogP contribution in [0.4, 0.5) is 4.39 Å². The molecule has 0 saturated carbocycles. The van der Waals surface area contributed by atoms with Gasteiger partial charge in [-0.3, -0.25) is 0 Å². The first-order valence-corrected chi connectivity index (χ1v) is 1.08. The minimum Gasteiger partial charge on any atom is -0.223 e. The van der Waals surface area contributed by atoms with Crippen molar-refractivity contribution in [1.82, 2.24) is 0 Å². The van der Waals surface area contributed by atoms with E-state index >= 15 is 0 Å². The van der Waals surface area contributed by atoms with Crippen molar-refractivity contribution in [1.29, 1.82) is 0 Å². The molecule has 0 spiro atoms. The van der Waals surface area contributed by atoms with Gasteiger partial charge < -0.3 is 0 Å². The molecule has 27 valence electrons. The van der Waals surface area contributed by atoms with Crippen molar-refractivity contribution >= 4 is 0 Å². The normalized spacial score (nSPS) is 5.20. The van der Waals surface area contributed by atoms with E-state index in [0.717, 1.165) is 6.17 Å². The summed E-state index contributed by atoms with van der Waals surface area (Å²) >= 11 is 0. The van der Waals surface area contributed by atoms with Crippen LogP contribution in [0.5, 0.6) is 0 Å². The predicted molar refractivity (Wildman–Crippen MR) is 14.4 cm³/mol. The summed E-state index contributed by atoms with van der Waals surface area (Å²) in [7, 11) is 0. The molecular weight excluding hydrogens is 71.0 g/mol. The topological polar surface area (TPSA) is 19.9 Å². The molecule has 0 aromatic heterocycles. The van der Waals surface area contributed by atoms with Crippen molar-refractivity contribution in [2.45, 2.75) is 0 Å². The first kappa shape index (κ1) is 4.45. The fourth-order valence-electron chi connectivity index (χ4n) is 0.0273. The van der Waals surface area contributed by atoms with Crippen LogP contribution >= 0.6 is 0 Å². The molecule has 2 heteroatoms. The van der Waals surface area contributed by atoms with Crippen LogP contribution in [0.3, 0.4) is 0 Å². The maximum Gasteiger partial charge on any atom is 0.145 e.